The second kappa shape index (κ2) is 7.48. The first-order valence-corrected chi connectivity index (χ1v) is 8.51. The van der Waals surface area contributed by atoms with Crippen LogP contribution in [0.5, 0.6) is 0 Å². The Morgan fingerprint density at radius 2 is 2.04 bits per heavy atom. The highest BCUT2D eigenvalue weighted by Crippen LogP contribution is 2.20. The van der Waals surface area contributed by atoms with Crippen molar-refractivity contribution in [3.8, 4) is 11.3 Å². The molecule has 0 aliphatic rings. The van der Waals surface area contributed by atoms with Crippen molar-refractivity contribution >= 4 is 27.6 Å². The van der Waals surface area contributed by atoms with E-state index in [9.17, 15) is 9.59 Å². The van der Waals surface area contributed by atoms with Crippen LogP contribution in [0.4, 0.5) is 0 Å². The fourth-order valence-corrected chi connectivity index (χ4v) is 2.64. The number of carbonyl (C=O) groups is 2. The number of furan rings is 1. The second-order valence-electron chi connectivity index (χ2n) is 5.65. The molecular weight excluding hydrogens is 386 g/mol. The molecule has 0 spiro atoms. The summed E-state index contributed by atoms with van der Waals surface area (Å²) in [5.74, 6) is -0.172. The van der Waals surface area contributed by atoms with Crippen LogP contribution >= 0.6 is 15.9 Å². The van der Waals surface area contributed by atoms with Crippen molar-refractivity contribution in [2.24, 2.45) is 0 Å². The van der Waals surface area contributed by atoms with Gasteiger partial charge in [0.15, 0.2) is 11.5 Å². The highest BCUT2D eigenvalue weighted by atomic mass is 79.9. The Morgan fingerprint density at radius 3 is 2.72 bits per heavy atom. The smallest absolute Gasteiger partial charge is 0.269 e. The van der Waals surface area contributed by atoms with Gasteiger partial charge in [-0.3, -0.25) is 14.7 Å². The van der Waals surface area contributed by atoms with Crippen molar-refractivity contribution in [2.45, 2.75) is 19.4 Å². The topological polar surface area (TPSA) is 88.0 Å². The maximum atomic E-state index is 12.3. The Labute approximate surface area is 152 Å². The second-order valence-corrected chi connectivity index (χ2v) is 6.57. The molecule has 1 atom stereocenters. The lowest BCUT2D eigenvalue weighted by Crippen LogP contribution is -2.34. The van der Waals surface area contributed by atoms with E-state index in [1.54, 1.807) is 25.1 Å². The number of ketones is 1. The molecule has 0 fully saturated rings. The first kappa shape index (κ1) is 17.2. The van der Waals surface area contributed by atoms with Gasteiger partial charge in [0, 0.05) is 22.5 Å². The molecular formula is C18H16BrN3O3. The zero-order valence-corrected chi connectivity index (χ0v) is 15.0. The standard InChI is InChI=1S/C18H16BrN3O3/c1-11(9-16(23)17-3-2-8-25-17)20-18(24)15-10-14(21-22-15)12-4-6-13(19)7-5-12/h2-8,10-11H,9H2,1H3,(H,20,24)(H,21,22)/t11-/m0/s1. The lowest BCUT2D eigenvalue weighted by molar-refractivity contribution is 0.0904. The number of aromatic nitrogens is 2. The Bertz CT molecular complexity index is 869. The monoisotopic (exact) mass is 401 g/mol. The zero-order valence-electron chi connectivity index (χ0n) is 13.5. The molecule has 128 valence electrons. The third-order valence-electron chi connectivity index (χ3n) is 3.63. The Balaban J connectivity index is 1.61. The number of hydrogen-bond acceptors (Lipinski definition) is 4. The maximum Gasteiger partial charge on any atom is 0.269 e. The summed E-state index contributed by atoms with van der Waals surface area (Å²) >= 11 is 3.38. The fraction of sp³-hybridized carbons (Fsp3) is 0.167. The Hall–Kier alpha value is -2.67. The minimum atomic E-state index is -0.329. The molecule has 6 nitrogen and oxygen atoms in total. The summed E-state index contributed by atoms with van der Waals surface area (Å²) in [6.45, 7) is 1.77. The molecule has 0 saturated heterocycles. The van der Waals surface area contributed by atoms with Crippen LogP contribution in [0, 0.1) is 0 Å². The number of hydrogen-bond donors (Lipinski definition) is 2. The summed E-state index contributed by atoms with van der Waals surface area (Å²) in [5, 5.41) is 9.67. The average molecular weight is 402 g/mol. The number of aromatic amines is 1. The number of H-pyrrole nitrogens is 1. The highest BCUT2D eigenvalue weighted by Gasteiger charge is 2.17. The summed E-state index contributed by atoms with van der Waals surface area (Å²) < 4.78 is 6.04. The van der Waals surface area contributed by atoms with Crippen LogP contribution in [0.2, 0.25) is 0 Å². The largest absolute Gasteiger partial charge is 0.461 e. The predicted molar refractivity (Wildman–Crippen MR) is 96.3 cm³/mol. The minimum Gasteiger partial charge on any atom is -0.461 e. The van der Waals surface area contributed by atoms with Gasteiger partial charge in [-0.2, -0.15) is 5.10 Å². The minimum absolute atomic E-state index is 0.155. The van der Waals surface area contributed by atoms with Gasteiger partial charge in [0.1, 0.15) is 5.69 Å². The molecule has 0 aliphatic carbocycles. The van der Waals surface area contributed by atoms with E-state index in [4.69, 9.17) is 4.42 Å². The van der Waals surface area contributed by atoms with E-state index >= 15 is 0 Å². The van der Waals surface area contributed by atoms with Crippen LogP contribution in [-0.4, -0.2) is 27.9 Å². The van der Waals surface area contributed by atoms with Gasteiger partial charge in [-0.25, -0.2) is 0 Å². The van der Waals surface area contributed by atoms with E-state index < -0.39 is 0 Å². The molecule has 1 amide bonds. The van der Waals surface area contributed by atoms with Gasteiger partial charge < -0.3 is 9.73 Å². The molecule has 0 unspecified atom stereocenters. The molecule has 2 aromatic heterocycles. The highest BCUT2D eigenvalue weighted by molar-refractivity contribution is 9.10. The van der Waals surface area contributed by atoms with Crippen molar-refractivity contribution in [3.63, 3.8) is 0 Å². The molecule has 0 bridgehead atoms. The molecule has 2 N–H and O–H groups in total. The number of Topliss-reactive ketones (excluding diaryl/α,β-unsaturated/α-hetero) is 1. The number of nitrogens with zero attached hydrogens (tertiary/aromatic N) is 1. The van der Waals surface area contributed by atoms with Crippen LogP contribution in [-0.2, 0) is 0 Å². The Morgan fingerprint density at radius 1 is 1.28 bits per heavy atom. The van der Waals surface area contributed by atoms with Crippen molar-refractivity contribution in [1.29, 1.82) is 0 Å². The summed E-state index contributed by atoms with van der Waals surface area (Å²) in [5.41, 5.74) is 1.92. The normalized spacial score (nSPS) is 11.9. The van der Waals surface area contributed by atoms with E-state index in [-0.39, 0.29) is 24.2 Å². The summed E-state index contributed by atoms with van der Waals surface area (Å²) in [6.07, 6.45) is 1.61. The lowest BCUT2D eigenvalue weighted by Gasteiger charge is -2.11. The molecule has 3 rings (SSSR count). The van der Waals surface area contributed by atoms with Crippen LogP contribution in [0.15, 0.2) is 57.6 Å². The Kier molecular flexibility index (Phi) is 5.14. The zero-order chi connectivity index (χ0) is 17.8. The van der Waals surface area contributed by atoms with Crippen LogP contribution in [0.25, 0.3) is 11.3 Å². The summed E-state index contributed by atoms with van der Waals surface area (Å²) in [4.78, 5) is 24.3. The SMILES string of the molecule is C[C@@H](CC(=O)c1ccco1)NC(=O)c1cc(-c2ccc(Br)cc2)n[nH]1. The van der Waals surface area contributed by atoms with Gasteiger partial charge in [0.25, 0.3) is 5.91 Å². The molecule has 7 heteroatoms. The third kappa shape index (κ3) is 4.24. The molecule has 25 heavy (non-hydrogen) atoms. The van der Waals surface area contributed by atoms with Crippen molar-refractivity contribution in [1.82, 2.24) is 15.5 Å². The average Bonchev–Trinajstić information content (AvgIpc) is 3.27. The lowest BCUT2D eigenvalue weighted by atomic mass is 10.1. The summed E-state index contributed by atoms with van der Waals surface area (Å²) in [7, 11) is 0. The molecule has 0 aliphatic heterocycles. The molecule has 0 saturated carbocycles. The quantitative estimate of drug-likeness (QED) is 0.614. The number of rotatable bonds is 6. The molecule has 1 aromatic carbocycles. The third-order valence-corrected chi connectivity index (χ3v) is 4.16. The first-order valence-electron chi connectivity index (χ1n) is 7.72. The van der Waals surface area contributed by atoms with Gasteiger partial charge in [-0.15, -0.1) is 0 Å². The van der Waals surface area contributed by atoms with Gasteiger partial charge in [0.05, 0.1) is 12.0 Å². The molecule has 3 aromatic rings. The van der Waals surface area contributed by atoms with Crippen LogP contribution < -0.4 is 5.32 Å². The number of benzene rings is 1. The van der Waals surface area contributed by atoms with Gasteiger partial charge >= 0.3 is 0 Å². The number of nitrogens with one attached hydrogen (secondary N) is 2. The maximum absolute atomic E-state index is 12.3. The number of amides is 1. The van der Waals surface area contributed by atoms with Gasteiger partial charge in [0.2, 0.25) is 0 Å². The molecule has 2 heterocycles. The van der Waals surface area contributed by atoms with Crippen LogP contribution in [0.3, 0.4) is 0 Å². The van der Waals surface area contributed by atoms with Crippen molar-refractivity contribution in [2.75, 3.05) is 0 Å². The van der Waals surface area contributed by atoms with E-state index in [0.717, 1.165) is 10.0 Å². The van der Waals surface area contributed by atoms with Gasteiger partial charge in [-0.1, -0.05) is 28.1 Å². The van der Waals surface area contributed by atoms with Crippen molar-refractivity contribution < 1.29 is 14.0 Å². The number of carbonyl (C=O) groups excluding carboxylic acids is 2. The van der Waals surface area contributed by atoms with Crippen LogP contribution in [0.1, 0.15) is 34.4 Å². The van der Waals surface area contributed by atoms with Crippen molar-refractivity contribution in [3.05, 3.63) is 64.7 Å². The summed E-state index contributed by atoms with van der Waals surface area (Å²) in [6, 6.07) is 12.3. The van der Waals surface area contributed by atoms with E-state index in [1.165, 1.54) is 6.26 Å². The number of halogens is 1. The fourth-order valence-electron chi connectivity index (χ4n) is 2.38. The van der Waals surface area contributed by atoms with E-state index in [2.05, 4.69) is 31.4 Å². The first-order chi connectivity index (χ1) is 12.0. The van der Waals surface area contributed by atoms with E-state index in [1.807, 2.05) is 24.3 Å². The van der Waals surface area contributed by atoms with Gasteiger partial charge in [-0.05, 0) is 37.3 Å². The molecule has 0 radical (unpaired) electrons. The van der Waals surface area contributed by atoms with E-state index in [0.29, 0.717) is 17.1 Å². The predicted octanol–water partition coefficient (Wildman–Crippen LogP) is 3.82.